The topological polar surface area (TPSA) is 82.6 Å². The summed E-state index contributed by atoms with van der Waals surface area (Å²) in [6, 6.07) is 4.17. The van der Waals surface area contributed by atoms with Gasteiger partial charge in [0.2, 0.25) is 10.0 Å². The molecule has 0 radical (unpaired) electrons. The van der Waals surface area contributed by atoms with E-state index in [0.29, 0.717) is 19.5 Å². The molecule has 0 aliphatic heterocycles. The molecule has 0 saturated heterocycles. The maximum atomic E-state index is 10.9. The highest BCUT2D eigenvalue weighted by Gasteiger charge is 2.00. The van der Waals surface area contributed by atoms with Gasteiger partial charge in [-0.3, -0.25) is 4.99 Å². The summed E-state index contributed by atoms with van der Waals surface area (Å²) in [5, 5.41) is 8.52. The second-order valence-corrected chi connectivity index (χ2v) is 7.40. The molecule has 0 aliphatic rings. The number of sulfonamides is 1. The Balaban J connectivity index is 2.25. The second kappa shape index (κ2) is 9.75. The van der Waals surface area contributed by atoms with E-state index < -0.39 is 10.0 Å². The van der Waals surface area contributed by atoms with Gasteiger partial charge in [0.25, 0.3) is 0 Å². The van der Waals surface area contributed by atoms with Gasteiger partial charge in [0.15, 0.2) is 5.96 Å². The zero-order valence-corrected chi connectivity index (χ0v) is 14.2. The fraction of sp³-hybridized carbons (Fsp3) is 0.615. The molecule has 1 aromatic heterocycles. The molecular weight excluding hydrogens is 308 g/mol. The zero-order valence-electron chi connectivity index (χ0n) is 12.6. The molecule has 0 aromatic carbocycles. The molecule has 8 heteroatoms. The normalized spacial score (nSPS) is 12.4. The number of rotatable bonds is 9. The Morgan fingerprint density at radius 2 is 2.14 bits per heavy atom. The monoisotopic (exact) mass is 332 g/mol. The molecule has 0 saturated carbocycles. The zero-order chi connectivity index (χ0) is 15.6. The molecule has 3 N–H and O–H groups in total. The summed E-state index contributed by atoms with van der Waals surface area (Å²) in [5.41, 5.74) is 0. The van der Waals surface area contributed by atoms with Crippen LogP contribution in [0, 0.1) is 0 Å². The number of hydrogen-bond acceptors (Lipinski definition) is 4. The Kier molecular flexibility index (Phi) is 8.33. The van der Waals surface area contributed by atoms with E-state index in [4.69, 9.17) is 0 Å². The molecule has 0 fully saturated rings. The van der Waals surface area contributed by atoms with Crippen LogP contribution in [-0.4, -0.2) is 46.8 Å². The van der Waals surface area contributed by atoms with Gasteiger partial charge in [0, 0.05) is 31.1 Å². The number of nitrogens with zero attached hydrogens (tertiary/aromatic N) is 1. The minimum atomic E-state index is -3.10. The van der Waals surface area contributed by atoms with E-state index in [1.807, 2.05) is 13.0 Å². The fourth-order valence-electron chi connectivity index (χ4n) is 1.63. The highest BCUT2D eigenvalue weighted by molar-refractivity contribution is 7.88. The molecule has 1 heterocycles. The summed E-state index contributed by atoms with van der Waals surface area (Å²) in [6.07, 6.45) is 2.80. The summed E-state index contributed by atoms with van der Waals surface area (Å²) in [6.45, 7) is 4.63. The number of thiophene rings is 1. The van der Waals surface area contributed by atoms with Gasteiger partial charge in [-0.1, -0.05) is 6.07 Å². The van der Waals surface area contributed by atoms with Crippen LogP contribution in [-0.2, 0) is 16.4 Å². The number of nitrogens with one attached hydrogen (secondary N) is 3. The molecule has 120 valence electrons. The van der Waals surface area contributed by atoms with Crippen molar-refractivity contribution in [2.75, 3.05) is 32.4 Å². The van der Waals surface area contributed by atoms with Gasteiger partial charge in [-0.15, -0.1) is 11.3 Å². The van der Waals surface area contributed by atoms with Crippen molar-refractivity contribution in [2.24, 2.45) is 4.99 Å². The molecular formula is C13H24N4O2S2. The van der Waals surface area contributed by atoms with E-state index in [1.165, 1.54) is 4.88 Å². The molecule has 0 amide bonds. The van der Waals surface area contributed by atoms with Gasteiger partial charge < -0.3 is 10.6 Å². The van der Waals surface area contributed by atoms with Crippen molar-refractivity contribution < 1.29 is 8.42 Å². The van der Waals surface area contributed by atoms with Crippen LogP contribution < -0.4 is 15.4 Å². The summed E-state index contributed by atoms with van der Waals surface area (Å²) < 4.78 is 24.3. The standard InChI is InChI=1S/C13H24N4O2S2/c1-3-14-13(15-8-5-9-17-21(2,18)19)16-10-7-12-6-4-11-20-12/h4,6,11,17H,3,5,7-10H2,1-2H3,(H2,14,15,16). The molecule has 0 bridgehead atoms. The molecule has 6 nitrogen and oxygen atoms in total. The third-order valence-corrected chi connectivity index (χ3v) is 4.22. The number of aliphatic imine (C=N–C) groups is 1. The SMILES string of the molecule is CCNC(=NCCCNS(C)(=O)=O)NCCc1cccs1. The van der Waals surface area contributed by atoms with E-state index in [0.717, 1.165) is 31.7 Å². The summed E-state index contributed by atoms with van der Waals surface area (Å²) in [4.78, 5) is 5.76. The van der Waals surface area contributed by atoms with Gasteiger partial charge in [0.05, 0.1) is 6.26 Å². The first-order valence-electron chi connectivity index (χ1n) is 7.00. The summed E-state index contributed by atoms with van der Waals surface area (Å²) in [7, 11) is -3.10. The lowest BCUT2D eigenvalue weighted by Crippen LogP contribution is -2.38. The third-order valence-electron chi connectivity index (χ3n) is 2.56. The Hall–Kier alpha value is -1.12. The van der Waals surface area contributed by atoms with Crippen LogP contribution in [0.15, 0.2) is 22.5 Å². The number of hydrogen-bond donors (Lipinski definition) is 3. The average Bonchev–Trinajstić information content (AvgIpc) is 2.90. The predicted molar refractivity (Wildman–Crippen MR) is 89.5 cm³/mol. The van der Waals surface area contributed by atoms with Crippen molar-refractivity contribution in [1.82, 2.24) is 15.4 Å². The van der Waals surface area contributed by atoms with Crippen LogP contribution >= 0.6 is 11.3 Å². The summed E-state index contributed by atoms with van der Waals surface area (Å²) in [5.74, 6) is 0.772. The van der Waals surface area contributed by atoms with Crippen LogP contribution in [0.5, 0.6) is 0 Å². The van der Waals surface area contributed by atoms with E-state index in [-0.39, 0.29) is 0 Å². The first-order valence-corrected chi connectivity index (χ1v) is 9.77. The molecule has 0 aliphatic carbocycles. The van der Waals surface area contributed by atoms with Gasteiger partial charge >= 0.3 is 0 Å². The van der Waals surface area contributed by atoms with E-state index in [1.54, 1.807) is 11.3 Å². The first kappa shape index (κ1) is 17.9. The molecule has 21 heavy (non-hydrogen) atoms. The van der Waals surface area contributed by atoms with Gasteiger partial charge in [-0.25, -0.2) is 13.1 Å². The Morgan fingerprint density at radius 1 is 1.33 bits per heavy atom. The van der Waals surface area contributed by atoms with Crippen molar-refractivity contribution in [2.45, 2.75) is 19.8 Å². The first-order chi connectivity index (χ1) is 10.0. The maximum Gasteiger partial charge on any atom is 0.208 e. The van der Waals surface area contributed by atoms with Crippen molar-refractivity contribution in [3.63, 3.8) is 0 Å². The Bertz CT molecular complexity index is 512. The van der Waals surface area contributed by atoms with Gasteiger partial charge in [-0.05, 0) is 31.2 Å². The highest BCUT2D eigenvalue weighted by Crippen LogP contribution is 2.07. The van der Waals surface area contributed by atoms with Gasteiger partial charge in [0.1, 0.15) is 0 Å². The quantitative estimate of drug-likeness (QED) is 0.355. The average molecular weight is 332 g/mol. The summed E-state index contributed by atoms with van der Waals surface area (Å²) >= 11 is 1.75. The Labute approximate surface area is 131 Å². The minimum Gasteiger partial charge on any atom is -0.357 e. The van der Waals surface area contributed by atoms with Crippen molar-refractivity contribution >= 4 is 27.3 Å². The lowest BCUT2D eigenvalue weighted by atomic mass is 10.3. The van der Waals surface area contributed by atoms with Crippen LogP contribution in [0.3, 0.4) is 0 Å². The van der Waals surface area contributed by atoms with Gasteiger partial charge in [-0.2, -0.15) is 0 Å². The third kappa shape index (κ3) is 9.43. The molecule has 0 spiro atoms. The predicted octanol–water partition coefficient (Wildman–Crippen LogP) is 0.785. The molecule has 0 atom stereocenters. The molecule has 0 unspecified atom stereocenters. The van der Waals surface area contributed by atoms with Crippen LogP contribution in [0.4, 0.5) is 0 Å². The minimum absolute atomic E-state index is 0.414. The van der Waals surface area contributed by atoms with Crippen LogP contribution in [0.2, 0.25) is 0 Å². The lowest BCUT2D eigenvalue weighted by Gasteiger charge is -2.10. The molecule has 1 rings (SSSR count). The Morgan fingerprint density at radius 3 is 2.76 bits per heavy atom. The van der Waals surface area contributed by atoms with E-state index in [9.17, 15) is 8.42 Å². The van der Waals surface area contributed by atoms with Crippen molar-refractivity contribution in [1.29, 1.82) is 0 Å². The number of guanidine groups is 1. The largest absolute Gasteiger partial charge is 0.357 e. The smallest absolute Gasteiger partial charge is 0.208 e. The van der Waals surface area contributed by atoms with Crippen molar-refractivity contribution in [3.8, 4) is 0 Å². The van der Waals surface area contributed by atoms with E-state index in [2.05, 4.69) is 31.8 Å². The van der Waals surface area contributed by atoms with Crippen LogP contribution in [0.1, 0.15) is 18.2 Å². The fourth-order valence-corrected chi connectivity index (χ4v) is 2.85. The van der Waals surface area contributed by atoms with E-state index >= 15 is 0 Å². The van der Waals surface area contributed by atoms with Crippen molar-refractivity contribution in [3.05, 3.63) is 22.4 Å². The second-order valence-electron chi connectivity index (χ2n) is 4.54. The lowest BCUT2D eigenvalue weighted by molar-refractivity contribution is 0.585. The van der Waals surface area contributed by atoms with Crippen LogP contribution in [0.25, 0.3) is 0 Å². The highest BCUT2D eigenvalue weighted by atomic mass is 32.2. The molecule has 1 aromatic rings. The maximum absolute atomic E-state index is 10.9.